The minimum absolute atomic E-state index is 0.0923. The fourth-order valence-corrected chi connectivity index (χ4v) is 1.75. The Balaban J connectivity index is 3.02. The Bertz CT molecular complexity index is 421. The molecule has 1 aromatic carbocycles. The third-order valence-electron chi connectivity index (χ3n) is 2.87. The van der Waals surface area contributed by atoms with Gasteiger partial charge in [0.1, 0.15) is 5.75 Å². The molecule has 94 valence electrons. The predicted molar refractivity (Wildman–Crippen MR) is 66.8 cm³/mol. The van der Waals surface area contributed by atoms with Gasteiger partial charge in [-0.25, -0.2) is 0 Å². The Labute approximate surface area is 101 Å². The standard InChI is InChI=1S/C13H19NO3/c1-13(2,3)10(12(16)17)7-8-6-9(14)4-5-11(8)15/h4-6,10,15H,7,14H2,1-3H3,(H,16,17). The second-order valence-electron chi connectivity index (χ2n) is 5.35. The molecule has 0 aliphatic rings. The van der Waals surface area contributed by atoms with Crippen LogP contribution in [-0.2, 0) is 11.2 Å². The Hall–Kier alpha value is -1.71. The zero-order chi connectivity index (χ0) is 13.2. The lowest BCUT2D eigenvalue weighted by Crippen LogP contribution is -2.30. The number of hydrogen-bond donors (Lipinski definition) is 3. The summed E-state index contributed by atoms with van der Waals surface area (Å²) in [5.74, 6) is -1.33. The van der Waals surface area contributed by atoms with E-state index in [1.165, 1.54) is 6.07 Å². The van der Waals surface area contributed by atoms with E-state index in [0.717, 1.165) is 0 Å². The molecule has 17 heavy (non-hydrogen) atoms. The van der Waals surface area contributed by atoms with Crippen molar-refractivity contribution in [3.05, 3.63) is 23.8 Å². The van der Waals surface area contributed by atoms with Crippen molar-refractivity contribution in [3.63, 3.8) is 0 Å². The average Bonchev–Trinajstić information content (AvgIpc) is 2.17. The van der Waals surface area contributed by atoms with E-state index in [1.807, 2.05) is 20.8 Å². The average molecular weight is 237 g/mol. The monoisotopic (exact) mass is 237 g/mol. The number of aliphatic carboxylic acids is 1. The molecule has 0 spiro atoms. The molecule has 1 atom stereocenters. The molecule has 0 aliphatic carbocycles. The van der Waals surface area contributed by atoms with Crippen LogP contribution in [0.25, 0.3) is 0 Å². The van der Waals surface area contributed by atoms with Gasteiger partial charge in [-0.05, 0) is 35.6 Å². The second kappa shape index (κ2) is 4.65. The molecular formula is C13H19NO3. The van der Waals surface area contributed by atoms with E-state index in [4.69, 9.17) is 5.73 Å². The van der Waals surface area contributed by atoms with E-state index in [-0.39, 0.29) is 17.6 Å². The van der Waals surface area contributed by atoms with E-state index in [2.05, 4.69) is 0 Å². The van der Waals surface area contributed by atoms with E-state index in [0.29, 0.717) is 11.3 Å². The number of nitrogens with two attached hydrogens (primary N) is 1. The molecule has 0 saturated heterocycles. The quantitative estimate of drug-likeness (QED) is 0.556. The number of aromatic hydroxyl groups is 1. The van der Waals surface area contributed by atoms with E-state index in [9.17, 15) is 15.0 Å². The van der Waals surface area contributed by atoms with Crippen LogP contribution in [0.15, 0.2) is 18.2 Å². The summed E-state index contributed by atoms with van der Waals surface area (Å²) in [5.41, 5.74) is 6.36. The largest absolute Gasteiger partial charge is 0.508 e. The number of phenolic OH excluding ortho intramolecular Hbond substituents is 1. The van der Waals surface area contributed by atoms with Crippen LogP contribution in [0.1, 0.15) is 26.3 Å². The first-order valence-electron chi connectivity index (χ1n) is 5.52. The van der Waals surface area contributed by atoms with Crippen molar-refractivity contribution in [2.45, 2.75) is 27.2 Å². The predicted octanol–water partition coefficient (Wildman–Crippen LogP) is 2.26. The fourth-order valence-electron chi connectivity index (χ4n) is 1.75. The van der Waals surface area contributed by atoms with Crippen molar-refractivity contribution < 1.29 is 15.0 Å². The lowest BCUT2D eigenvalue weighted by atomic mass is 9.77. The van der Waals surface area contributed by atoms with Crippen LogP contribution in [0, 0.1) is 11.3 Å². The molecule has 4 nitrogen and oxygen atoms in total. The summed E-state index contributed by atoms with van der Waals surface area (Å²) in [5, 5.41) is 18.9. The number of carboxylic acid groups (broad SMARTS) is 1. The molecule has 1 aromatic rings. The number of nitrogen functional groups attached to an aromatic ring is 1. The maximum atomic E-state index is 11.2. The normalized spacial score (nSPS) is 13.4. The Morgan fingerprint density at radius 2 is 2.00 bits per heavy atom. The number of carbonyl (C=O) groups is 1. The van der Waals surface area contributed by atoms with E-state index in [1.54, 1.807) is 12.1 Å². The van der Waals surface area contributed by atoms with Gasteiger partial charge in [0, 0.05) is 5.69 Å². The van der Waals surface area contributed by atoms with E-state index >= 15 is 0 Å². The zero-order valence-corrected chi connectivity index (χ0v) is 10.4. The molecule has 0 bridgehead atoms. The number of anilines is 1. The molecular weight excluding hydrogens is 218 g/mol. The molecule has 0 radical (unpaired) electrons. The van der Waals surface area contributed by atoms with Gasteiger partial charge in [0.05, 0.1) is 5.92 Å². The van der Waals surface area contributed by atoms with Crippen LogP contribution in [0.4, 0.5) is 5.69 Å². The van der Waals surface area contributed by atoms with Crippen LogP contribution in [-0.4, -0.2) is 16.2 Å². The first-order valence-corrected chi connectivity index (χ1v) is 5.52. The van der Waals surface area contributed by atoms with Crippen LogP contribution in [0.5, 0.6) is 5.75 Å². The van der Waals surface area contributed by atoms with Crippen molar-refractivity contribution in [1.82, 2.24) is 0 Å². The summed E-state index contributed by atoms with van der Waals surface area (Å²) in [6.45, 7) is 5.61. The van der Waals surface area contributed by atoms with Crippen molar-refractivity contribution in [1.29, 1.82) is 0 Å². The summed E-state index contributed by atoms with van der Waals surface area (Å²) in [7, 11) is 0. The first-order chi connectivity index (χ1) is 7.71. The topological polar surface area (TPSA) is 83.5 Å². The number of carboxylic acids is 1. The van der Waals surface area contributed by atoms with Crippen molar-refractivity contribution in [3.8, 4) is 5.75 Å². The summed E-state index contributed by atoms with van der Waals surface area (Å²) in [6.07, 6.45) is 0.274. The van der Waals surface area contributed by atoms with Crippen LogP contribution in [0.2, 0.25) is 0 Å². The summed E-state index contributed by atoms with van der Waals surface area (Å²) >= 11 is 0. The van der Waals surface area contributed by atoms with Gasteiger partial charge < -0.3 is 15.9 Å². The van der Waals surface area contributed by atoms with Gasteiger partial charge >= 0.3 is 5.97 Å². The van der Waals surface area contributed by atoms with Gasteiger partial charge in [0.15, 0.2) is 0 Å². The number of rotatable bonds is 3. The van der Waals surface area contributed by atoms with Gasteiger partial charge in [0.25, 0.3) is 0 Å². The highest BCUT2D eigenvalue weighted by molar-refractivity contribution is 5.71. The SMILES string of the molecule is CC(C)(C)C(Cc1cc(N)ccc1O)C(=O)O. The zero-order valence-electron chi connectivity index (χ0n) is 10.4. The first kappa shape index (κ1) is 13.4. The lowest BCUT2D eigenvalue weighted by molar-refractivity contribution is -0.145. The highest BCUT2D eigenvalue weighted by Gasteiger charge is 2.31. The molecule has 0 heterocycles. The molecule has 4 heteroatoms. The molecule has 0 saturated carbocycles. The minimum atomic E-state index is -0.862. The summed E-state index contributed by atoms with van der Waals surface area (Å²) < 4.78 is 0. The third kappa shape index (κ3) is 3.37. The maximum Gasteiger partial charge on any atom is 0.307 e. The van der Waals surface area contributed by atoms with Crippen LogP contribution >= 0.6 is 0 Å². The smallest absolute Gasteiger partial charge is 0.307 e. The molecule has 4 N–H and O–H groups in total. The minimum Gasteiger partial charge on any atom is -0.508 e. The Kier molecular flexibility index (Phi) is 3.66. The van der Waals surface area contributed by atoms with E-state index < -0.39 is 11.9 Å². The van der Waals surface area contributed by atoms with Crippen LogP contribution in [0.3, 0.4) is 0 Å². The summed E-state index contributed by atoms with van der Waals surface area (Å²) in [6, 6.07) is 4.70. The van der Waals surface area contributed by atoms with Crippen molar-refractivity contribution in [2.75, 3.05) is 5.73 Å². The maximum absolute atomic E-state index is 11.2. The van der Waals surface area contributed by atoms with Crippen molar-refractivity contribution in [2.24, 2.45) is 11.3 Å². The van der Waals surface area contributed by atoms with Gasteiger partial charge in [0.2, 0.25) is 0 Å². The second-order valence-corrected chi connectivity index (χ2v) is 5.35. The molecule has 0 aromatic heterocycles. The molecule has 0 amide bonds. The molecule has 1 rings (SSSR count). The lowest BCUT2D eigenvalue weighted by Gasteiger charge is -2.27. The highest BCUT2D eigenvalue weighted by Crippen LogP contribution is 2.32. The number of phenols is 1. The number of hydrogen-bond acceptors (Lipinski definition) is 3. The fraction of sp³-hybridized carbons (Fsp3) is 0.462. The van der Waals surface area contributed by atoms with Gasteiger partial charge in [-0.1, -0.05) is 20.8 Å². The number of benzene rings is 1. The van der Waals surface area contributed by atoms with Gasteiger partial charge in [-0.3, -0.25) is 4.79 Å². The highest BCUT2D eigenvalue weighted by atomic mass is 16.4. The summed E-state index contributed by atoms with van der Waals surface area (Å²) in [4.78, 5) is 11.2. The van der Waals surface area contributed by atoms with Gasteiger partial charge in [-0.15, -0.1) is 0 Å². The Morgan fingerprint density at radius 1 is 1.41 bits per heavy atom. The van der Waals surface area contributed by atoms with Gasteiger partial charge in [-0.2, -0.15) is 0 Å². The molecule has 1 unspecified atom stereocenters. The molecule has 0 aliphatic heterocycles. The Morgan fingerprint density at radius 3 is 2.47 bits per heavy atom. The molecule has 0 fully saturated rings. The van der Waals surface area contributed by atoms with Crippen molar-refractivity contribution >= 4 is 11.7 Å². The third-order valence-corrected chi connectivity index (χ3v) is 2.87. The van der Waals surface area contributed by atoms with Crippen LogP contribution < -0.4 is 5.73 Å².